The summed E-state index contributed by atoms with van der Waals surface area (Å²) in [6, 6.07) is 60.2. The van der Waals surface area contributed by atoms with Gasteiger partial charge in [0.2, 0.25) is 0 Å². The van der Waals surface area contributed by atoms with Crippen molar-refractivity contribution >= 4 is 160 Å². The van der Waals surface area contributed by atoms with Gasteiger partial charge in [0.05, 0.1) is 39.1 Å². The van der Waals surface area contributed by atoms with E-state index in [1.54, 1.807) is 0 Å². The zero-order chi connectivity index (χ0) is 39.2. The first-order chi connectivity index (χ1) is 30.3. The van der Waals surface area contributed by atoms with Gasteiger partial charge >= 0.3 is 0 Å². The first kappa shape index (κ1) is 32.1. The Kier molecular flexibility index (Phi) is 5.85. The Morgan fingerprint density at radius 1 is 0.410 bits per heavy atom. The van der Waals surface area contributed by atoms with Crippen molar-refractivity contribution in [2.45, 2.75) is 9.79 Å². The number of hydrogen-bond donors (Lipinski definition) is 0. The van der Waals surface area contributed by atoms with Crippen LogP contribution in [0.4, 0.5) is 17.1 Å². The predicted molar refractivity (Wildman–Crippen MR) is 264 cm³/mol. The van der Waals surface area contributed by atoms with E-state index in [4.69, 9.17) is 0 Å². The van der Waals surface area contributed by atoms with Crippen LogP contribution in [0.15, 0.2) is 178 Å². The number of hydrogen-bond acceptors (Lipinski definition) is 4. The van der Waals surface area contributed by atoms with Crippen LogP contribution in [0.2, 0.25) is 0 Å². The van der Waals surface area contributed by atoms with Gasteiger partial charge in [-0.3, -0.25) is 0 Å². The molecular formula is C54H28BN3S3. The van der Waals surface area contributed by atoms with E-state index >= 15 is 0 Å². The molecule has 16 rings (SSSR count). The van der Waals surface area contributed by atoms with E-state index in [9.17, 15) is 0 Å². The molecule has 3 aliphatic rings. The molecule has 0 saturated carbocycles. The van der Waals surface area contributed by atoms with Crippen molar-refractivity contribution < 1.29 is 0 Å². The van der Waals surface area contributed by atoms with Crippen LogP contribution in [0.3, 0.4) is 0 Å². The molecule has 61 heavy (non-hydrogen) atoms. The Morgan fingerprint density at radius 3 is 1.43 bits per heavy atom. The second kappa shape index (κ2) is 11.1. The maximum Gasteiger partial charge on any atom is 0.252 e. The Hall–Kier alpha value is -6.77. The van der Waals surface area contributed by atoms with Gasteiger partial charge in [0.15, 0.2) is 0 Å². The van der Waals surface area contributed by atoms with Crippen LogP contribution in [-0.2, 0) is 0 Å². The number of anilines is 3. The summed E-state index contributed by atoms with van der Waals surface area (Å²) in [5, 5.41) is 17.9. The molecule has 0 amide bonds. The summed E-state index contributed by atoms with van der Waals surface area (Å²) in [5.74, 6) is 0. The lowest BCUT2D eigenvalue weighted by Crippen LogP contribution is -2.59. The Morgan fingerprint density at radius 2 is 0.902 bits per heavy atom. The number of para-hydroxylation sites is 2. The van der Waals surface area contributed by atoms with Gasteiger partial charge in [-0.1, -0.05) is 121 Å². The zero-order valence-electron chi connectivity index (χ0n) is 32.3. The standard InChI is InChI=1S/C54H28BN3S3/c1-3-19-44-38(15-1)56(39-16-2-4-20-45(39)61-44)33-25-42-50-43(26-33)58-41-18-8-12-30-10-6-14-35(47(30)41)54-49-32(28-60-54)22-24-37(52(49)58)55(50)36-23-21-31-27-59-53-34-13-5-9-29-11-7-17-40(46(29)34)57(42)51(36)48(31)53/h1-28H. The molecule has 280 valence electrons. The van der Waals surface area contributed by atoms with Gasteiger partial charge in [0.25, 0.3) is 6.71 Å². The summed E-state index contributed by atoms with van der Waals surface area (Å²) in [5.41, 5.74) is 15.3. The van der Waals surface area contributed by atoms with Gasteiger partial charge in [-0.2, -0.15) is 0 Å². The molecule has 0 N–H and O–H groups in total. The first-order valence-electron chi connectivity index (χ1n) is 20.9. The molecular weight excluding hydrogens is 798 g/mol. The predicted octanol–water partition coefficient (Wildman–Crippen LogP) is 13.7. The van der Waals surface area contributed by atoms with E-state index in [2.05, 4.69) is 183 Å². The minimum absolute atomic E-state index is 0.0168. The highest BCUT2D eigenvalue weighted by molar-refractivity contribution is 7.99. The van der Waals surface area contributed by atoms with E-state index in [-0.39, 0.29) is 6.71 Å². The topological polar surface area (TPSA) is 13.1 Å². The van der Waals surface area contributed by atoms with Crippen LogP contribution >= 0.6 is 34.4 Å². The van der Waals surface area contributed by atoms with E-state index in [1.165, 1.54) is 134 Å². The summed E-state index contributed by atoms with van der Waals surface area (Å²) < 4.78 is 8.06. The Bertz CT molecular complexity index is 3910. The summed E-state index contributed by atoms with van der Waals surface area (Å²) in [4.78, 5) is 5.05. The fourth-order valence-corrected chi connectivity index (χ4v) is 14.8. The number of aromatic nitrogens is 2. The molecule has 0 aliphatic carbocycles. The highest BCUT2D eigenvalue weighted by Gasteiger charge is 2.41. The highest BCUT2D eigenvalue weighted by atomic mass is 32.2. The van der Waals surface area contributed by atoms with Crippen molar-refractivity contribution in [1.29, 1.82) is 0 Å². The third-order valence-electron chi connectivity index (χ3n) is 13.9. The van der Waals surface area contributed by atoms with Crippen LogP contribution in [0.25, 0.3) is 96.7 Å². The van der Waals surface area contributed by atoms with Crippen molar-refractivity contribution in [1.82, 2.24) is 9.13 Å². The third-order valence-corrected chi connectivity index (χ3v) is 17.1. The van der Waals surface area contributed by atoms with E-state index in [1.807, 2.05) is 34.4 Å². The lowest BCUT2D eigenvalue weighted by molar-refractivity contribution is 1.11. The monoisotopic (exact) mass is 825 g/mol. The van der Waals surface area contributed by atoms with E-state index < -0.39 is 0 Å². The molecule has 0 saturated heterocycles. The zero-order valence-corrected chi connectivity index (χ0v) is 34.8. The van der Waals surface area contributed by atoms with Gasteiger partial charge < -0.3 is 14.0 Å². The molecule has 0 atom stereocenters. The number of fused-ring (bicyclic) bond motifs is 10. The van der Waals surface area contributed by atoms with E-state index in [0.717, 1.165) is 5.69 Å². The molecule has 4 aromatic heterocycles. The summed E-state index contributed by atoms with van der Waals surface area (Å²) >= 11 is 5.65. The maximum atomic E-state index is 2.67. The number of nitrogens with zero attached hydrogens (tertiary/aromatic N) is 3. The fourth-order valence-electron chi connectivity index (χ4n) is 11.6. The van der Waals surface area contributed by atoms with Gasteiger partial charge in [-0.05, 0) is 97.2 Å². The smallest absolute Gasteiger partial charge is 0.252 e. The van der Waals surface area contributed by atoms with E-state index in [0.29, 0.717) is 0 Å². The second-order valence-corrected chi connectivity index (χ2v) is 19.6. The minimum Gasteiger partial charge on any atom is -0.310 e. The van der Waals surface area contributed by atoms with Crippen LogP contribution in [0, 0.1) is 0 Å². The van der Waals surface area contributed by atoms with Crippen LogP contribution < -0.4 is 21.3 Å². The summed E-state index contributed by atoms with van der Waals surface area (Å²) in [6.07, 6.45) is 0. The summed E-state index contributed by atoms with van der Waals surface area (Å²) in [6.45, 7) is 0.0168. The molecule has 0 fully saturated rings. The number of rotatable bonds is 1. The Balaban J connectivity index is 1.20. The van der Waals surface area contributed by atoms with Crippen molar-refractivity contribution in [3.63, 3.8) is 0 Å². The molecule has 0 bridgehead atoms. The molecule has 0 radical (unpaired) electrons. The fraction of sp³-hybridized carbons (Fsp3) is 0. The minimum atomic E-state index is 0.0168. The third kappa shape index (κ3) is 3.82. The normalized spacial score (nSPS) is 13.8. The molecule has 3 nitrogen and oxygen atoms in total. The largest absolute Gasteiger partial charge is 0.310 e. The quantitative estimate of drug-likeness (QED) is 0.153. The van der Waals surface area contributed by atoms with Gasteiger partial charge in [-0.15, -0.1) is 22.7 Å². The molecule has 0 unspecified atom stereocenters. The molecule has 7 heterocycles. The summed E-state index contributed by atoms with van der Waals surface area (Å²) in [7, 11) is 0. The second-order valence-electron chi connectivity index (χ2n) is 16.8. The average Bonchev–Trinajstić information content (AvgIpc) is 3.89. The lowest BCUT2D eigenvalue weighted by Gasteiger charge is -2.38. The number of thiophene rings is 2. The van der Waals surface area contributed by atoms with Crippen LogP contribution in [0.1, 0.15) is 0 Å². The van der Waals surface area contributed by atoms with Gasteiger partial charge in [0.1, 0.15) is 0 Å². The highest BCUT2D eigenvalue weighted by Crippen LogP contribution is 2.53. The molecule has 0 spiro atoms. The Labute approximate surface area is 361 Å². The number of benzene rings is 9. The van der Waals surface area contributed by atoms with Crippen LogP contribution in [0.5, 0.6) is 0 Å². The molecule has 3 aliphatic heterocycles. The SMILES string of the molecule is c1ccc2c(c1)Sc1ccccc1N2c1cc2c3c(c1)-n1c4cccc5cccc(c6scc7ccc(c1c76)B3c1ccc3csc6c7cccc8cccc(c87)n-2c1c36)c54. The maximum absolute atomic E-state index is 2.67. The molecule has 9 aromatic carbocycles. The van der Waals surface area contributed by atoms with Crippen molar-refractivity contribution in [3.8, 4) is 11.4 Å². The lowest BCUT2D eigenvalue weighted by atomic mass is 9.34. The van der Waals surface area contributed by atoms with Gasteiger partial charge in [-0.25, -0.2) is 0 Å². The molecule has 7 heteroatoms. The average molecular weight is 826 g/mol. The van der Waals surface area contributed by atoms with Crippen LogP contribution in [-0.4, -0.2) is 15.8 Å². The van der Waals surface area contributed by atoms with Gasteiger partial charge in [0, 0.05) is 62.9 Å². The first-order valence-corrected chi connectivity index (χ1v) is 23.4. The van der Waals surface area contributed by atoms with Crippen molar-refractivity contribution in [3.05, 3.63) is 168 Å². The van der Waals surface area contributed by atoms with Crippen molar-refractivity contribution in [2.75, 3.05) is 4.90 Å². The molecule has 13 aromatic rings. The van der Waals surface area contributed by atoms with Crippen molar-refractivity contribution in [2.24, 2.45) is 0 Å².